The molecule has 0 spiro atoms. The quantitative estimate of drug-likeness (QED) is 0.453. The molecule has 6 nitrogen and oxygen atoms in total. The molecule has 0 aliphatic heterocycles. The van der Waals surface area contributed by atoms with Gasteiger partial charge in [0.25, 0.3) is 0 Å². The summed E-state index contributed by atoms with van der Waals surface area (Å²) in [4.78, 5) is 23.0. The van der Waals surface area contributed by atoms with Gasteiger partial charge in [-0.1, -0.05) is 13.3 Å². The number of hydrogen-bond acceptors (Lipinski definition) is 4. The second-order valence-corrected chi connectivity index (χ2v) is 4.83. The summed E-state index contributed by atoms with van der Waals surface area (Å²) in [7, 11) is 1.58. The van der Waals surface area contributed by atoms with E-state index in [0.717, 1.165) is 19.3 Å². The minimum atomic E-state index is -0.0723. The number of hydrogen-bond donors (Lipinski definition) is 3. The van der Waals surface area contributed by atoms with Gasteiger partial charge in [-0.15, -0.1) is 0 Å². The molecule has 1 unspecified atom stereocenters. The smallest absolute Gasteiger partial charge is 0.221 e. The van der Waals surface area contributed by atoms with Crippen molar-refractivity contribution < 1.29 is 14.3 Å². The van der Waals surface area contributed by atoms with Crippen LogP contribution in [-0.4, -0.2) is 45.2 Å². The number of ether oxygens (including phenoxy) is 1. The highest BCUT2D eigenvalue weighted by Gasteiger charge is 2.09. The third kappa shape index (κ3) is 10.8. The molecule has 6 heteroatoms. The molecule has 2 amide bonds. The first-order valence-corrected chi connectivity index (χ1v) is 7.36. The van der Waals surface area contributed by atoms with Gasteiger partial charge in [-0.3, -0.25) is 9.59 Å². The molecule has 0 fully saturated rings. The number of nitrogens with one attached hydrogen (secondary N) is 2. The molecule has 4 N–H and O–H groups in total. The van der Waals surface area contributed by atoms with Crippen LogP contribution in [0.2, 0.25) is 0 Å². The Hall–Kier alpha value is -1.14. The van der Waals surface area contributed by atoms with Gasteiger partial charge in [0.15, 0.2) is 0 Å². The van der Waals surface area contributed by atoms with Gasteiger partial charge in [0.2, 0.25) is 11.8 Å². The minimum Gasteiger partial charge on any atom is -0.383 e. The minimum absolute atomic E-state index is 0.00478. The summed E-state index contributed by atoms with van der Waals surface area (Å²) < 4.78 is 4.83. The zero-order chi connectivity index (χ0) is 15.2. The van der Waals surface area contributed by atoms with Gasteiger partial charge in [0.1, 0.15) is 0 Å². The molecule has 0 aromatic carbocycles. The molecule has 0 bridgehead atoms. The van der Waals surface area contributed by atoms with Gasteiger partial charge in [0.05, 0.1) is 6.61 Å². The summed E-state index contributed by atoms with van der Waals surface area (Å²) in [6.45, 7) is 4.16. The van der Waals surface area contributed by atoms with Crippen LogP contribution < -0.4 is 16.4 Å². The molecule has 0 aromatic rings. The fourth-order valence-corrected chi connectivity index (χ4v) is 1.91. The number of methoxy groups -OCH3 is 1. The molecule has 0 saturated carbocycles. The topological polar surface area (TPSA) is 93.5 Å². The van der Waals surface area contributed by atoms with Crippen LogP contribution in [0.1, 0.15) is 39.0 Å². The summed E-state index contributed by atoms with van der Waals surface area (Å²) in [6, 6.07) is 0. The molecular weight excluding hydrogens is 258 g/mol. The highest BCUT2D eigenvalue weighted by Crippen LogP contribution is 2.14. The van der Waals surface area contributed by atoms with E-state index in [4.69, 9.17) is 10.5 Å². The van der Waals surface area contributed by atoms with E-state index in [9.17, 15) is 9.59 Å². The van der Waals surface area contributed by atoms with E-state index in [0.29, 0.717) is 45.0 Å². The molecule has 20 heavy (non-hydrogen) atoms. The normalized spacial score (nSPS) is 11.9. The average molecular weight is 287 g/mol. The lowest BCUT2D eigenvalue weighted by atomic mass is 9.96. The van der Waals surface area contributed by atoms with Gasteiger partial charge in [-0.2, -0.15) is 0 Å². The average Bonchev–Trinajstić information content (AvgIpc) is 2.43. The van der Waals surface area contributed by atoms with E-state index in [1.54, 1.807) is 7.11 Å². The summed E-state index contributed by atoms with van der Waals surface area (Å²) in [5.41, 5.74) is 5.52. The van der Waals surface area contributed by atoms with Crippen molar-refractivity contribution in [1.82, 2.24) is 10.6 Å². The lowest BCUT2D eigenvalue weighted by molar-refractivity contribution is -0.122. The van der Waals surface area contributed by atoms with Gasteiger partial charge in [0, 0.05) is 33.0 Å². The Morgan fingerprint density at radius 3 is 2.35 bits per heavy atom. The maximum absolute atomic E-state index is 11.6. The Balaban J connectivity index is 3.59. The van der Waals surface area contributed by atoms with Crippen LogP contribution in [0.3, 0.4) is 0 Å². The highest BCUT2D eigenvalue weighted by atomic mass is 16.5. The molecule has 0 aliphatic rings. The standard InChI is InChI=1S/C14H29N3O3/c1-3-12(6-8-15)4-5-13(18)16-9-7-14(19)17-10-11-20-2/h12H,3-11,15H2,1-2H3,(H,16,18)(H,17,19). The largest absolute Gasteiger partial charge is 0.383 e. The number of rotatable bonds is 12. The van der Waals surface area contributed by atoms with Crippen molar-refractivity contribution in [3.8, 4) is 0 Å². The van der Waals surface area contributed by atoms with Gasteiger partial charge >= 0.3 is 0 Å². The molecule has 0 rings (SSSR count). The Bertz CT molecular complexity index is 272. The number of amides is 2. The van der Waals surface area contributed by atoms with E-state index in [1.165, 1.54) is 0 Å². The number of carbonyl (C=O) groups excluding carboxylic acids is 2. The van der Waals surface area contributed by atoms with E-state index in [-0.39, 0.29) is 11.8 Å². The lowest BCUT2D eigenvalue weighted by Crippen LogP contribution is -2.32. The Morgan fingerprint density at radius 2 is 1.75 bits per heavy atom. The zero-order valence-corrected chi connectivity index (χ0v) is 12.7. The summed E-state index contributed by atoms with van der Waals surface area (Å²) in [5, 5.41) is 5.47. The Labute approximate surface area is 121 Å². The van der Waals surface area contributed by atoms with Crippen LogP contribution in [0.25, 0.3) is 0 Å². The van der Waals surface area contributed by atoms with Crippen molar-refractivity contribution in [3.63, 3.8) is 0 Å². The highest BCUT2D eigenvalue weighted by molar-refractivity contribution is 5.78. The molecular formula is C14H29N3O3. The van der Waals surface area contributed by atoms with E-state index in [2.05, 4.69) is 17.6 Å². The third-order valence-corrected chi connectivity index (χ3v) is 3.23. The van der Waals surface area contributed by atoms with E-state index in [1.807, 2.05) is 0 Å². The first kappa shape index (κ1) is 18.9. The Kier molecular flexibility index (Phi) is 12.1. The zero-order valence-electron chi connectivity index (χ0n) is 12.7. The van der Waals surface area contributed by atoms with E-state index < -0.39 is 0 Å². The molecule has 0 saturated heterocycles. The Morgan fingerprint density at radius 1 is 1.10 bits per heavy atom. The van der Waals surface area contributed by atoms with Crippen LogP contribution in [0, 0.1) is 5.92 Å². The van der Waals surface area contributed by atoms with Crippen molar-refractivity contribution >= 4 is 11.8 Å². The molecule has 0 aliphatic carbocycles. The lowest BCUT2D eigenvalue weighted by Gasteiger charge is -2.13. The fourth-order valence-electron chi connectivity index (χ4n) is 1.91. The van der Waals surface area contributed by atoms with E-state index >= 15 is 0 Å². The SMILES string of the molecule is CCC(CCN)CCC(=O)NCCC(=O)NCCOC. The van der Waals surface area contributed by atoms with Crippen molar-refractivity contribution in [1.29, 1.82) is 0 Å². The molecule has 0 heterocycles. The van der Waals surface area contributed by atoms with Crippen LogP contribution in [-0.2, 0) is 14.3 Å². The second kappa shape index (κ2) is 12.9. The summed E-state index contributed by atoms with van der Waals surface area (Å²) in [5.74, 6) is 0.449. The van der Waals surface area contributed by atoms with Crippen molar-refractivity contribution in [2.45, 2.75) is 39.0 Å². The van der Waals surface area contributed by atoms with Crippen LogP contribution in [0.15, 0.2) is 0 Å². The van der Waals surface area contributed by atoms with Crippen LogP contribution in [0.5, 0.6) is 0 Å². The predicted octanol–water partition coefficient (Wildman–Crippen LogP) is 0.411. The van der Waals surface area contributed by atoms with Gasteiger partial charge in [-0.25, -0.2) is 0 Å². The van der Waals surface area contributed by atoms with Gasteiger partial charge in [-0.05, 0) is 25.3 Å². The van der Waals surface area contributed by atoms with Crippen LogP contribution in [0.4, 0.5) is 0 Å². The fraction of sp³-hybridized carbons (Fsp3) is 0.857. The van der Waals surface area contributed by atoms with Crippen LogP contribution >= 0.6 is 0 Å². The maximum Gasteiger partial charge on any atom is 0.221 e. The van der Waals surface area contributed by atoms with Gasteiger partial charge < -0.3 is 21.1 Å². The monoisotopic (exact) mass is 287 g/mol. The van der Waals surface area contributed by atoms with Crippen molar-refractivity contribution in [3.05, 3.63) is 0 Å². The predicted molar refractivity (Wildman–Crippen MR) is 79.2 cm³/mol. The second-order valence-electron chi connectivity index (χ2n) is 4.83. The van der Waals surface area contributed by atoms with Crippen molar-refractivity contribution in [2.75, 3.05) is 33.4 Å². The molecule has 1 atom stereocenters. The third-order valence-electron chi connectivity index (χ3n) is 3.23. The molecule has 118 valence electrons. The first-order valence-electron chi connectivity index (χ1n) is 7.36. The maximum atomic E-state index is 11.6. The first-order chi connectivity index (χ1) is 9.63. The number of nitrogens with two attached hydrogens (primary N) is 1. The summed E-state index contributed by atoms with van der Waals surface area (Å²) >= 11 is 0. The summed E-state index contributed by atoms with van der Waals surface area (Å²) in [6.07, 6.45) is 3.68. The number of carbonyl (C=O) groups is 2. The van der Waals surface area contributed by atoms with Crippen molar-refractivity contribution in [2.24, 2.45) is 11.7 Å². The molecule has 0 aromatic heterocycles. The molecule has 0 radical (unpaired) electrons.